The fourth-order valence-electron chi connectivity index (χ4n) is 1.94. The summed E-state index contributed by atoms with van der Waals surface area (Å²) < 4.78 is 5.72. The number of H-pyrrole nitrogens is 1. The summed E-state index contributed by atoms with van der Waals surface area (Å²) in [6.45, 7) is 0. The number of carbonyl (C=O) groups excluding carboxylic acids is 1. The van der Waals surface area contributed by atoms with Crippen molar-refractivity contribution in [3.05, 3.63) is 48.3 Å². The summed E-state index contributed by atoms with van der Waals surface area (Å²) in [4.78, 5) is 18.3. The van der Waals surface area contributed by atoms with Crippen LogP contribution in [0.5, 0.6) is 11.5 Å². The molecule has 0 fully saturated rings. The third kappa shape index (κ3) is 3.58. The maximum Gasteiger partial charge on any atom is 0.269 e. The van der Waals surface area contributed by atoms with E-state index in [1.165, 1.54) is 6.20 Å². The molecule has 0 aliphatic rings. The van der Waals surface area contributed by atoms with Gasteiger partial charge in [-0.3, -0.25) is 14.8 Å². The van der Waals surface area contributed by atoms with Gasteiger partial charge in [-0.15, -0.1) is 10.2 Å². The molecule has 0 unspecified atom stereocenters. The van der Waals surface area contributed by atoms with Crippen LogP contribution in [0.25, 0.3) is 0 Å². The number of hydrogen-bond donors (Lipinski definition) is 4. The summed E-state index contributed by atoms with van der Waals surface area (Å²) in [5.41, 5.74) is 6.54. The van der Waals surface area contributed by atoms with Crippen molar-refractivity contribution in [2.45, 2.75) is 0 Å². The zero-order valence-electron chi connectivity index (χ0n) is 12.8. The number of rotatable bonds is 5. The predicted octanol–water partition coefficient (Wildman–Crippen LogP) is 1.68. The molecule has 0 radical (unpaired) electrons. The van der Waals surface area contributed by atoms with Crippen LogP contribution in [0.3, 0.4) is 0 Å². The zero-order valence-corrected chi connectivity index (χ0v) is 12.8. The molecule has 0 spiro atoms. The number of nitrogens with one attached hydrogen (secondary N) is 3. The summed E-state index contributed by atoms with van der Waals surface area (Å²) >= 11 is 0. The first-order valence-electron chi connectivity index (χ1n) is 7.05. The third-order valence-corrected chi connectivity index (χ3v) is 3.05. The first kappa shape index (κ1) is 15.3. The minimum atomic E-state index is -0.272. The summed E-state index contributed by atoms with van der Waals surface area (Å²) in [5, 5.41) is 13.0. The molecular formula is C15H15N7O2. The monoisotopic (exact) mass is 325 g/mol. The highest BCUT2D eigenvalue weighted by Gasteiger charge is 2.07. The number of pyridine rings is 1. The number of anilines is 3. The molecule has 0 atom stereocenters. The molecule has 0 aliphatic carbocycles. The second-order valence-corrected chi connectivity index (χ2v) is 4.77. The number of aromatic amines is 1. The molecule has 0 bridgehead atoms. The van der Waals surface area contributed by atoms with Crippen LogP contribution in [0.1, 0.15) is 10.5 Å². The number of aromatic nitrogens is 4. The molecular weight excluding hydrogens is 310 g/mol. The predicted molar refractivity (Wildman–Crippen MR) is 88.2 cm³/mol. The molecule has 0 aliphatic heterocycles. The second kappa shape index (κ2) is 6.65. The first-order chi connectivity index (χ1) is 11.6. The van der Waals surface area contributed by atoms with E-state index in [1.54, 1.807) is 31.3 Å². The molecule has 5 N–H and O–H groups in total. The summed E-state index contributed by atoms with van der Waals surface area (Å²) in [6, 6.07) is 10.4. The molecule has 0 saturated heterocycles. The first-order valence-corrected chi connectivity index (χ1v) is 7.05. The Morgan fingerprint density at radius 1 is 1.17 bits per heavy atom. The van der Waals surface area contributed by atoms with Crippen LogP contribution in [0.15, 0.2) is 42.6 Å². The quantitative estimate of drug-likeness (QED) is 0.561. The highest BCUT2D eigenvalue weighted by molar-refractivity contribution is 5.92. The van der Waals surface area contributed by atoms with Crippen LogP contribution in [-0.4, -0.2) is 33.1 Å². The van der Waals surface area contributed by atoms with E-state index < -0.39 is 0 Å². The Bertz CT molecular complexity index is 845. The van der Waals surface area contributed by atoms with Gasteiger partial charge in [0.1, 0.15) is 17.2 Å². The Hall–Kier alpha value is -3.62. The number of nitrogens with zero attached hydrogens (tertiary/aromatic N) is 3. The van der Waals surface area contributed by atoms with Gasteiger partial charge in [-0.1, -0.05) is 0 Å². The van der Waals surface area contributed by atoms with Crippen LogP contribution in [0.4, 0.5) is 17.6 Å². The highest BCUT2D eigenvalue weighted by Crippen LogP contribution is 2.24. The van der Waals surface area contributed by atoms with Crippen molar-refractivity contribution in [3.8, 4) is 11.5 Å². The van der Waals surface area contributed by atoms with E-state index in [2.05, 4.69) is 30.8 Å². The maximum absolute atomic E-state index is 11.6. The number of benzene rings is 1. The van der Waals surface area contributed by atoms with Crippen molar-refractivity contribution in [1.82, 2.24) is 25.5 Å². The van der Waals surface area contributed by atoms with E-state index in [1.807, 2.05) is 12.1 Å². The van der Waals surface area contributed by atoms with Gasteiger partial charge >= 0.3 is 0 Å². The van der Waals surface area contributed by atoms with Crippen LogP contribution in [-0.2, 0) is 0 Å². The highest BCUT2D eigenvalue weighted by atomic mass is 16.5. The third-order valence-electron chi connectivity index (χ3n) is 3.05. The van der Waals surface area contributed by atoms with Crippen LogP contribution < -0.4 is 21.1 Å². The minimum absolute atomic E-state index is 0.238. The van der Waals surface area contributed by atoms with Gasteiger partial charge in [0.15, 0.2) is 0 Å². The standard InChI is InChI=1S/C15H15N7O2/c1-17-13(23)12-8-11(6-7-18-12)24-10-4-2-9(3-5-10)19-15-20-14(16)21-22-15/h2-8H,1H3,(H,17,23)(H4,16,19,20,21,22). The average Bonchev–Trinajstić information content (AvgIpc) is 3.01. The van der Waals surface area contributed by atoms with Crippen molar-refractivity contribution in [1.29, 1.82) is 0 Å². The Kier molecular flexibility index (Phi) is 4.23. The number of nitrogens with two attached hydrogens (primary N) is 1. The lowest BCUT2D eigenvalue weighted by atomic mass is 10.3. The Morgan fingerprint density at radius 3 is 2.62 bits per heavy atom. The fraction of sp³-hybridized carbons (Fsp3) is 0.0667. The number of hydrogen-bond acceptors (Lipinski definition) is 7. The Balaban J connectivity index is 1.69. The van der Waals surface area contributed by atoms with Gasteiger partial charge in [0.05, 0.1) is 0 Å². The molecule has 2 heterocycles. The molecule has 1 aromatic carbocycles. The van der Waals surface area contributed by atoms with E-state index in [9.17, 15) is 4.79 Å². The normalized spacial score (nSPS) is 10.2. The topological polar surface area (TPSA) is 131 Å². The van der Waals surface area contributed by atoms with E-state index in [4.69, 9.17) is 10.5 Å². The Labute approximate surface area is 137 Å². The lowest BCUT2D eigenvalue weighted by Gasteiger charge is -2.08. The molecule has 9 heteroatoms. The summed E-state index contributed by atoms with van der Waals surface area (Å²) in [7, 11) is 1.55. The number of carbonyl (C=O) groups is 1. The van der Waals surface area contributed by atoms with Crippen molar-refractivity contribution in [3.63, 3.8) is 0 Å². The molecule has 3 aromatic rings. The number of nitrogen functional groups attached to an aromatic ring is 1. The van der Waals surface area contributed by atoms with Crippen LogP contribution >= 0.6 is 0 Å². The number of amides is 1. The van der Waals surface area contributed by atoms with Crippen LogP contribution in [0.2, 0.25) is 0 Å². The van der Waals surface area contributed by atoms with Gasteiger partial charge in [-0.25, -0.2) is 0 Å². The van der Waals surface area contributed by atoms with E-state index >= 15 is 0 Å². The van der Waals surface area contributed by atoms with Gasteiger partial charge in [0.2, 0.25) is 11.9 Å². The largest absolute Gasteiger partial charge is 0.457 e. The average molecular weight is 325 g/mol. The minimum Gasteiger partial charge on any atom is -0.457 e. The summed E-state index contributed by atoms with van der Waals surface area (Å²) in [5.74, 6) is 1.55. The van der Waals surface area contributed by atoms with Gasteiger partial charge in [-0.05, 0) is 30.3 Å². The van der Waals surface area contributed by atoms with Gasteiger partial charge < -0.3 is 21.1 Å². The summed E-state index contributed by atoms with van der Waals surface area (Å²) in [6.07, 6.45) is 1.52. The van der Waals surface area contributed by atoms with Crippen molar-refractivity contribution >= 4 is 23.5 Å². The lowest BCUT2D eigenvalue weighted by molar-refractivity contribution is 0.0958. The molecule has 122 valence electrons. The smallest absolute Gasteiger partial charge is 0.269 e. The lowest BCUT2D eigenvalue weighted by Crippen LogP contribution is -2.18. The molecule has 9 nitrogen and oxygen atoms in total. The van der Waals surface area contributed by atoms with Gasteiger partial charge in [0, 0.05) is 25.0 Å². The molecule has 0 saturated carbocycles. The van der Waals surface area contributed by atoms with Gasteiger partial charge in [-0.2, -0.15) is 0 Å². The zero-order chi connectivity index (χ0) is 16.9. The second-order valence-electron chi connectivity index (χ2n) is 4.77. The maximum atomic E-state index is 11.6. The number of ether oxygens (including phenoxy) is 1. The molecule has 24 heavy (non-hydrogen) atoms. The van der Waals surface area contributed by atoms with Crippen molar-refractivity contribution in [2.24, 2.45) is 0 Å². The Morgan fingerprint density at radius 2 is 1.96 bits per heavy atom. The van der Waals surface area contributed by atoms with E-state index in [0.717, 1.165) is 5.69 Å². The molecule has 2 aromatic heterocycles. The van der Waals surface area contributed by atoms with Crippen LogP contribution in [0, 0.1) is 0 Å². The SMILES string of the molecule is CNC(=O)c1cc(Oc2ccc(Nc3nnc(N)[nH]3)cc2)ccn1. The van der Waals surface area contributed by atoms with E-state index in [0.29, 0.717) is 17.4 Å². The van der Waals surface area contributed by atoms with E-state index in [-0.39, 0.29) is 17.5 Å². The fourth-order valence-corrected chi connectivity index (χ4v) is 1.94. The molecule has 1 amide bonds. The van der Waals surface area contributed by atoms with Gasteiger partial charge in [0.25, 0.3) is 5.91 Å². The van der Waals surface area contributed by atoms with Crippen molar-refractivity contribution in [2.75, 3.05) is 18.1 Å². The van der Waals surface area contributed by atoms with Crippen molar-refractivity contribution < 1.29 is 9.53 Å². The molecule has 3 rings (SSSR count).